The molecule has 1 atom stereocenters. The van der Waals surface area contributed by atoms with Gasteiger partial charge in [0.2, 0.25) is 0 Å². The molecule has 108 valence electrons. The van der Waals surface area contributed by atoms with E-state index >= 15 is 0 Å². The lowest BCUT2D eigenvalue weighted by molar-refractivity contribution is 0.354. The summed E-state index contributed by atoms with van der Waals surface area (Å²) in [6.45, 7) is 3.95. The number of nitrogen functional groups attached to an aromatic ring is 1. The zero-order chi connectivity index (χ0) is 14.9. The fourth-order valence-corrected chi connectivity index (χ4v) is 2.36. The second-order valence-corrected chi connectivity index (χ2v) is 5.31. The van der Waals surface area contributed by atoms with Crippen molar-refractivity contribution >= 4 is 21.7 Å². The average Bonchev–Trinajstić information content (AvgIpc) is 2.73. The molecule has 0 radical (unpaired) electrons. The van der Waals surface area contributed by atoms with Crippen LogP contribution in [-0.4, -0.2) is 24.0 Å². The van der Waals surface area contributed by atoms with Gasteiger partial charge < -0.3 is 15.2 Å². The van der Waals surface area contributed by atoms with E-state index in [1.807, 2.05) is 32.0 Å². The molecule has 0 bridgehead atoms. The third kappa shape index (κ3) is 2.47. The van der Waals surface area contributed by atoms with Crippen molar-refractivity contribution in [2.75, 3.05) is 20.0 Å². The van der Waals surface area contributed by atoms with Gasteiger partial charge in [-0.1, -0.05) is 6.07 Å². The summed E-state index contributed by atoms with van der Waals surface area (Å²) in [4.78, 5) is 0. The number of methoxy groups -OCH3 is 2. The van der Waals surface area contributed by atoms with Crippen LogP contribution in [0.25, 0.3) is 0 Å². The minimum absolute atomic E-state index is 0.000180. The van der Waals surface area contributed by atoms with Gasteiger partial charge in [-0.3, -0.25) is 0 Å². The number of halogens is 1. The molecule has 0 aliphatic carbocycles. The van der Waals surface area contributed by atoms with E-state index in [1.54, 1.807) is 18.9 Å². The number of hydrogen-bond donors (Lipinski definition) is 1. The van der Waals surface area contributed by atoms with Gasteiger partial charge in [0.05, 0.1) is 30.4 Å². The summed E-state index contributed by atoms with van der Waals surface area (Å²) in [7, 11) is 3.24. The van der Waals surface area contributed by atoms with Crippen LogP contribution >= 0.6 is 15.9 Å². The molecule has 0 aliphatic heterocycles. The maximum atomic E-state index is 6.07. The molecular formula is C14H18BrN3O2. The van der Waals surface area contributed by atoms with Gasteiger partial charge in [-0.05, 0) is 47.5 Å². The Kier molecular flexibility index (Phi) is 4.23. The summed E-state index contributed by atoms with van der Waals surface area (Å²) in [5.41, 5.74) is 7.98. The van der Waals surface area contributed by atoms with E-state index in [0.29, 0.717) is 17.3 Å². The lowest BCUT2D eigenvalue weighted by Crippen LogP contribution is -2.12. The predicted octanol–water partition coefficient (Wildman–Crippen LogP) is 3.16. The zero-order valence-electron chi connectivity index (χ0n) is 12.0. The standard InChI is InChI=1S/C14H18BrN3O2/c1-8-13(15)14(16)18(17-8)9(2)10-5-6-11(19-3)12(7-10)20-4/h5-7,9H,16H2,1-4H3. The Morgan fingerprint density at radius 3 is 2.40 bits per heavy atom. The highest BCUT2D eigenvalue weighted by atomic mass is 79.9. The molecule has 2 aromatic rings. The molecule has 2 rings (SSSR count). The number of benzene rings is 1. The second kappa shape index (κ2) is 5.75. The molecule has 1 aromatic carbocycles. The summed E-state index contributed by atoms with van der Waals surface area (Å²) in [5, 5.41) is 4.46. The van der Waals surface area contributed by atoms with Crippen molar-refractivity contribution in [2.45, 2.75) is 19.9 Å². The summed E-state index contributed by atoms with van der Waals surface area (Å²) >= 11 is 3.44. The van der Waals surface area contributed by atoms with Gasteiger partial charge in [-0.2, -0.15) is 5.10 Å². The fourth-order valence-electron chi connectivity index (χ4n) is 2.09. The number of nitrogens with zero attached hydrogens (tertiary/aromatic N) is 2. The van der Waals surface area contributed by atoms with E-state index < -0.39 is 0 Å². The van der Waals surface area contributed by atoms with Gasteiger partial charge in [0.25, 0.3) is 0 Å². The summed E-state index contributed by atoms with van der Waals surface area (Å²) in [6, 6.07) is 5.80. The number of nitrogens with two attached hydrogens (primary N) is 1. The molecule has 1 aromatic heterocycles. The number of rotatable bonds is 4. The number of aryl methyl sites for hydroxylation is 1. The van der Waals surface area contributed by atoms with Crippen molar-refractivity contribution in [3.05, 3.63) is 33.9 Å². The maximum absolute atomic E-state index is 6.07. The number of ether oxygens (including phenoxy) is 2. The zero-order valence-corrected chi connectivity index (χ0v) is 13.6. The minimum atomic E-state index is -0.000180. The molecule has 5 nitrogen and oxygen atoms in total. The van der Waals surface area contributed by atoms with Gasteiger partial charge in [-0.15, -0.1) is 0 Å². The third-order valence-corrected chi connectivity index (χ3v) is 4.28. The predicted molar refractivity (Wildman–Crippen MR) is 82.4 cm³/mol. The number of hydrogen-bond acceptors (Lipinski definition) is 4. The van der Waals surface area contributed by atoms with E-state index in [2.05, 4.69) is 21.0 Å². The normalized spacial score (nSPS) is 12.2. The summed E-state index contributed by atoms with van der Waals surface area (Å²) in [5.74, 6) is 2.01. The first-order valence-corrected chi connectivity index (χ1v) is 7.00. The molecule has 0 spiro atoms. The molecule has 0 aliphatic rings. The first-order valence-electron chi connectivity index (χ1n) is 6.21. The van der Waals surface area contributed by atoms with E-state index in [-0.39, 0.29) is 6.04 Å². The highest BCUT2D eigenvalue weighted by Gasteiger charge is 2.17. The van der Waals surface area contributed by atoms with Crippen molar-refractivity contribution in [1.29, 1.82) is 0 Å². The lowest BCUT2D eigenvalue weighted by Gasteiger charge is -2.16. The molecule has 0 saturated carbocycles. The van der Waals surface area contributed by atoms with Gasteiger partial charge >= 0.3 is 0 Å². The lowest BCUT2D eigenvalue weighted by atomic mass is 10.1. The van der Waals surface area contributed by atoms with E-state index in [0.717, 1.165) is 15.7 Å². The van der Waals surface area contributed by atoms with Crippen LogP contribution in [0.2, 0.25) is 0 Å². The molecule has 0 amide bonds. The van der Waals surface area contributed by atoms with Crippen LogP contribution in [0.4, 0.5) is 5.82 Å². The Labute approximate surface area is 126 Å². The van der Waals surface area contributed by atoms with Crippen molar-refractivity contribution in [3.63, 3.8) is 0 Å². The molecule has 2 N–H and O–H groups in total. The topological polar surface area (TPSA) is 62.3 Å². The van der Waals surface area contributed by atoms with Crippen LogP contribution in [0.5, 0.6) is 11.5 Å². The molecule has 0 saturated heterocycles. The maximum Gasteiger partial charge on any atom is 0.161 e. The van der Waals surface area contributed by atoms with Crippen LogP contribution in [0.1, 0.15) is 24.2 Å². The summed E-state index contributed by atoms with van der Waals surface area (Å²) < 4.78 is 13.2. The van der Waals surface area contributed by atoms with E-state index in [9.17, 15) is 0 Å². The molecule has 20 heavy (non-hydrogen) atoms. The first kappa shape index (κ1) is 14.7. The van der Waals surface area contributed by atoms with Crippen LogP contribution in [-0.2, 0) is 0 Å². The highest BCUT2D eigenvalue weighted by Crippen LogP contribution is 2.33. The van der Waals surface area contributed by atoms with E-state index in [1.165, 1.54) is 0 Å². The van der Waals surface area contributed by atoms with Crippen LogP contribution < -0.4 is 15.2 Å². The van der Waals surface area contributed by atoms with Crippen molar-refractivity contribution in [1.82, 2.24) is 9.78 Å². The minimum Gasteiger partial charge on any atom is -0.493 e. The Morgan fingerprint density at radius 2 is 1.90 bits per heavy atom. The smallest absolute Gasteiger partial charge is 0.161 e. The van der Waals surface area contributed by atoms with Crippen molar-refractivity contribution < 1.29 is 9.47 Å². The van der Waals surface area contributed by atoms with Gasteiger partial charge in [0.15, 0.2) is 11.5 Å². The van der Waals surface area contributed by atoms with Crippen LogP contribution in [0.3, 0.4) is 0 Å². The molecule has 1 heterocycles. The van der Waals surface area contributed by atoms with E-state index in [4.69, 9.17) is 15.2 Å². The Hall–Kier alpha value is -1.69. The average molecular weight is 340 g/mol. The third-order valence-electron chi connectivity index (χ3n) is 3.30. The first-order chi connectivity index (χ1) is 9.49. The quantitative estimate of drug-likeness (QED) is 0.929. The Bertz CT molecular complexity index is 625. The Morgan fingerprint density at radius 1 is 1.25 bits per heavy atom. The molecular weight excluding hydrogens is 322 g/mol. The molecule has 1 unspecified atom stereocenters. The van der Waals surface area contributed by atoms with Crippen LogP contribution in [0.15, 0.2) is 22.7 Å². The van der Waals surface area contributed by atoms with Gasteiger partial charge in [0, 0.05) is 0 Å². The molecule has 6 heteroatoms. The SMILES string of the molecule is COc1ccc(C(C)n2nc(C)c(Br)c2N)cc1OC. The van der Waals surface area contributed by atoms with Crippen molar-refractivity contribution in [3.8, 4) is 11.5 Å². The van der Waals surface area contributed by atoms with Gasteiger partial charge in [-0.25, -0.2) is 4.68 Å². The van der Waals surface area contributed by atoms with Crippen molar-refractivity contribution in [2.24, 2.45) is 0 Å². The fraction of sp³-hybridized carbons (Fsp3) is 0.357. The summed E-state index contributed by atoms with van der Waals surface area (Å²) in [6.07, 6.45) is 0. The largest absolute Gasteiger partial charge is 0.493 e. The second-order valence-electron chi connectivity index (χ2n) is 4.52. The number of aromatic nitrogens is 2. The Balaban J connectivity index is 2.42. The molecule has 0 fully saturated rings. The highest BCUT2D eigenvalue weighted by molar-refractivity contribution is 9.10. The van der Waals surface area contributed by atoms with Crippen LogP contribution in [0, 0.1) is 6.92 Å². The monoisotopic (exact) mass is 339 g/mol. The number of anilines is 1. The van der Waals surface area contributed by atoms with Gasteiger partial charge in [0.1, 0.15) is 5.82 Å².